The fourth-order valence-electron chi connectivity index (χ4n) is 2.82. The Labute approximate surface area is 181 Å². The summed E-state index contributed by atoms with van der Waals surface area (Å²) in [5.74, 6) is 4.53. The Balaban J connectivity index is 1.87. The zero-order chi connectivity index (χ0) is 22.6. The number of carbonyl (C=O) groups excluding carboxylic acids is 3. The maximum atomic E-state index is 12.5. The highest BCUT2D eigenvalue weighted by Gasteiger charge is 2.21. The van der Waals surface area contributed by atoms with E-state index in [1.54, 1.807) is 31.4 Å². The number of amides is 2. The Hall–Kier alpha value is -3.23. The van der Waals surface area contributed by atoms with Gasteiger partial charge in [-0.15, -0.1) is 0 Å². The Morgan fingerprint density at radius 3 is 1.74 bits per heavy atom. The highest BCUT2D eigenvalue weighted by atomic mass is 16.5. The highest BCUT2D eigenvalue weighted by Crippen LogP contribution is 2.15. The molecule has 2 rings (SSSR count). The molecule has 0 radical (unpaired) electrons. The highest BCUT2D eigenvalue weighted by molar-refractivity contribution is 6.10. The van der Waals surface area contributed by atoms with Gasteiger partial charge < -0.3 is 14.2 Å². The van der Waals surface area contributed by atoms with Crippen LogP contribution in [-0.2, 0) is 9.47 Å². The number of hydrogen-bond acceptors (Lipinski definition) is 7. The van der Waals surface area contributed by atoms with Crippen LogP contribution in [0.3, 0.4) is 0 Å². The minimum Gasteiger partial charge on any atom is -0.494 e. The van der Waals surface area contributed by atoms with Crippen LogP contribution >= 0.6 is 0 Å². The molecule has 31 heavy (non-hydrogen) atoms. The molecule has 0 aliphatic rings. The van der Waals surface area contributed by atoms with Crippen molar-refractivity contribution in [1.29, 1.82) is 0 Å². The van der Waals surface area contributed by atoms with Gasteiger partial charge in [0.15, 0.2) is 0 Å². The van der Waals surface area contributed by atoms with Crippen LogP contribution in [0.25, 0.3) is 0 Å². The minimum absolute atomic E-state index is 0.175. The molecule has 0 fully saturated rings. The molecule has 0 aliphatic heterocycles. The third kappa shape index (κ3) is 7.20. The Morgan fingerprint density at radius 2 is 1.23 bits per heavy atom. The quantitative estimate of drug-likeness (QED) is 0.146. The number of carbonyl (C=O) groups is 3. The molecule has 0 bridgehead atoms. The number of esters is 1. The molecule has 0 saturated carbocycles. The molecule has 2 amide bonds. The molecular formula is C23H28N2O6. The first kappa shape index (κ1) is 24.0. The molecule has 166 valence electrons. The molecular weight excluding hydrogens is 400 g/mol. The smallest absolute Gasteiger partial charge is 0.337 e. The monoisotopic (exact) mass is 428 g/mol. The van der Waals surface area contributed by atoms with Gasteiger partial charge in [-0.3, -0.25) is 9.59 Å². The van der Waals surface area contributed by atoms with Gasteiger partial charge in [0.1, 0.15) is 5.75 Å². The molecule has 0 spiro atoms. The lowest BCUT2D eigenvalue weighted by Crippen LogP contribution is -2.42. The lowest BCUT2D eigenvalue weighted by Gasteiger charge is -2.15. The van der Waals surface area contributed by atoms with E-state index in [-0.39, 0.29) is 11.1 Å². The number of methoxy groups -OCH3 is 2. The lowest BCUT2D eigenvalue weighted by molar-refractivity contribution is 0.0591. The molecule has 2 N–H and O–H groups in total. The summed E-state index contributed by atoms with van der Waals surface area (Å²) in [6.45, 7) is 1.36. The van der Waals surface area contributed by atoms with E-state index >= 15 is 0 Å². The molecule has 0 heterocycles. The second-order valence-electron chi connectivity index (χ2n) is 6.83. The molecule has 0 aliphatic carbocycles. The number of hydrazine groups is 1. The van der Waals surface area contributed by atoms with Crippen molar-refractivity contribution in [2.45, 2.75) is 25.7 Å². The Morgan fingerprint density at radius 1 is 0.742 bits per heavy atom. The molecule has 0 saturated heterocycles. The van der Waals surface area contributed by atoms with Crippen LogP contribution in [0.2, 0.25) is 0 Å². The first-order valence-corrected chi connectivity index (χ1v) is 10.0. The van der Waals surface area contributed by atoms with E-state index in [0.717, 1.165) is 32.3 Å². The normalized spacial score (nSPS) is 10.4. The third-order valence-corrected chi connectivity index (χ3v) is 4.60. The maximum absolute atomic E-state index is 12.5. The number of nitrogens with zero attached hydrogens (tertiary/aromatic N) is 1. The second kappa shape index (κ2) is 12.5. The van der Waals surface area contributed by atoms with Crippen LogP contribution in [0.4, 0.5) is 0 Å². The van der Waals surface area contributed by atoms with E-state index in [0.29, 0.717) is 22.9 Å². The number of imide groups is 1. The number of hydrogen-bond donors (Lipinski definition) is 1. The van der Waals surface area contributed by atoms with Gasteiger partial charge in [0, 0.05) is 24.8 Å². The molecule has 2 aromatic carbocycles. The SMILES string of the molecule is COCCCCCCOc1ccc(C(=O)N(N)C(=O)c2ccc(C(=O)OC)cc2)cc1. The molecule has 2 aromatic rings. The van der Waals surface area contributed by atoms with Crippen molar-refractivity contribution in [1.82, 2.24) is 5.01 Å². The number of rotatable bonds is 11. The van der Waals surface area contributed by atoms with Gasteiger partial charge >= 0.3 is 5.97 Å². The van der Waals surface area contributed by atoms with Crippen molar-refractivity contribution in [3.63, 3.8) is 0 Å². The summed E-state index contributed by atoms with van der Waals surface area (Å²) in [6, 6.07) is 12.1. The lowest BCUT2D eigenvalue weighted by atomic mass is 10.1. The predicted molar refractivity (Wildman–Crippen MR) is 115 cm³/mol. The summed E-state index contributed by atoms with van der Waals surface area (Å²) in [6.07, 6.45) is 4.13. The summed E-state index contributed by atoms with van der Waals surface area (Å²) in [4.78, 5) is 36.5. The van der Waals surface area contributed by atoms with Crippen molar-refractivity contribution in [2.75, 3.05) is 27.4 Å². The number of ether oxygens (including phenoxy) is 3. The summed E-state index contributed by atoms with van der Waals surface area (Å²) < 4.78 is 15.3. The molecule has 0 aromatic heterocycles. The van der Waals surface area contributed by atoms with E-state index in [1.165, 1.54) is 31.4 Å². The Bertz CT molecular complexity index is 865. The molecule has 8 heteroatoms. The summed E-state index contributed by atoms with van der Waals surface area (Å²) in [5, 5.41) is 0.545. The predicted octanol–water partition coefficient (Wildman–Crippen LogP) is 3.22. The van der Waals surface area contributed by atoms with Crippen LogP contribution in [0.5, 0.6) is 5.75 Å². The standard InChI is InChI=1S/C23H28N2O6/c1-29-15-5-3-4-6-16-31-20-13-11-18(12-14-20)22(27)25(24)21(26)17-7-9-19(10-8-17)23(28)30-2/h7-14H,3-6,15-16,24H2,1-2H3. The van der Waals surface area contributed by atoms with E-state index in [2.05, 4.69) is 4.74 Å². The fourth-order valence-corrected chi connectivity index (χ4v) is 2.82. The third-order valence-electron chi connectivity index (χ3n) is 4.60. The summed E-state index contributed by atoms with van der Waals surface area (Å²) >= 11 is 0. The average molecular weight is 428 g/mol. The first-order chi connectivity index (χ1) is 15.0. The van der Waals surface area contributed by atoms with Crippen molar-refractivity contribution in [3.8, 4) is 5.75 Å². The number of benzene rings is 2. The van der Waals surface area contributed by atoms with E-state index in [4.69, 9.17) is 15.3 Å². The van der Waals surface area contributed by atoms with E-state index < -0.39 is 17.8 Å². The van der Waals surface area contributed by atoms with E-state index in [9.17, 15) is 14.4 Å². The zero-order valence-corrected chi connectivity index (χ0v) is 17.8. The topological polar surface area (TPSA) is 108 Å². The van der Waals surface area contributed by atoms with Crippen LogP contribution in [0.1, 0.15) is 56.8 Å². The maximum Gasteiger partial charge on any atom is 0.337 e. The number of unbranched alkanes of at least 4 members (excludes halogenated alkanes) is 3. The van der Waals surface area contributed by atoms with Crippen LogP contribution in [0, 0.1) is 0 Å². The first-order valence-electron chi connectivity index (χ1n) is 10.0. The van der Waals surface area contributed by atoms with Gasteiger partial charge in [0.25, 0.3) is 11.8 Å². The second-order valence-corrected chi connectivity index (χ2v) is 6.83. The summed E-state index contributed by atoms with van der Waals surface area (Å²) in [5.41, 5.74) is 0.724. The van der Waals surface area contributed by atoms with Gasteiger partial charge in [-0.25, -0.2) is 15.6 Å². The van der Waals surface area contributed by atoms with Crippen molar-refractivity contribution < 1.29 is 28.6 Å². The van der Waals surface area contributed by atoms with Crippen molar-refractivity contribution in [3.05, 3.63) is 65.2 Å². The minimum atomic E-state index is -0.685. The zero-order valence-electron chi connectivity index (χ0n) is 17.8. The largest absolute Gasteiger partial charge is 0.494 e. The molecule has 0 atom stereocenters. The van der Waals surface area contributed by atoms with Gasteiger partial charge in [0.05, 0.1) is 19.3 Å². The average Bonchev–Trinajstić information content (AvgIpc) is 2.82. The molecule has 8 nitrogen and oxygen atoms in total. The van der Waals surface area contributed by atoms with Crippen LogP contribution in [-0.4, -0.2) is 50.2 Å². The molecule has 0 unspecified atom stereocenters. The Kier molecular flexibility index (Phi) is 9.67. The van der Waals surface area contributed by atoms with Gasteiger partial charge in [-0.05, 0) is 67.8 Å². The number of nitrogens with two attached hydrogens (primary N) is 1. The van der Waals surface area contributed by atoms with Crippen molar-refractivity contribution in [2.24, 2.45) is 5.84 Å². The van der Waals surface area contributed by atoms with E-state index in [1.807, 2.05) is 0 Å². The van der Waals surface area contributed by atoms with Gasteiger partial charge in [-0.2, -0.15) is 0 Å². The van der Waals surface area contributed by atoms with Crippen LogP contribution in [0.15, 0.2) is 48.5 Å². The van der Waals surface area contributed by atoms with Gasteiger partial charge in [0.2, 0.25) is 0 Å². The van der Waals surface area contributed by atoms with Crippen LogP contribution < -0.4 is 10.6 Å². The van der Waals surface area contributed by atoms with Crippen molar-refractivity contribution >= 4 is 17.8 Å². The van der Waals surface area contributed by atoms with Gasteiger partial charge in [-0.1, -0.05) is 6.42 Å². The summed E-state index contributed by atoms with van der Waals surface area (Å²) in [7, 11) is 2.96. The fraction of sp³-hybridized carbons (Fsp3) is 0.348.